The number of aromatic nitrogens is 1. The van der Waals surface area contributed by atoms with Crippen LogP contribution in [-0.4, -0.2) is 10.8 Å². The van der Waals surface area contributed by atoms with Gasteiger partial charge in [-0.05, 0) is 24.3 Å². The minimum Gasteiger partial charge on any atom is -0.360 e. The van der Waals surface area contributed by atoms with Gasteiger partial charge in [0.2, 0.25) is 0 Å². The molecule has 3 aromatic rings. The molecule has 0 spiro atoms. The highest BCUT2D eigenvalue weighted by molar-refractivity contribution is 9.10. The minimum absolute atomic E-state index is 0.197. The van der Waals surface area contributed by atoms with Crippen molar-refractivity contribution in [3.05, 3.63) is 69.6 Å². The first kappa shape index (κ1) is 13.9. The molecule has 0 aliphatic carbocycles. The van der Waals surface area contributed by atoms with Gasteiger partial charge in [-0.15, -0.1) is 0 Å². The van der Waals surface area contributed by atoms with Gasteiger partial charge in [-0.25, -0.2) is 13.2 Å². The van der Waals surface area contributed by atoms with Crippen LogP contribution in [0, 0.1) is 17.5 Å². The summed E-state index contributed by atoms with van der Waals surface area (Å²) in [7, 11) is 0. The monoisotopic (exact) mass is 353 g/mol. The molecule has 0 aliphatic rings. The molecule has 0 bridgehead atoms. The Bertz CT molecular complexity index is 873. The summed E-state index contributed by atoms with van der Waals surface area (Å²) in [6.45, 7) is 0. The molecule has 21 heavy (non-hydrogen) atoms. The molecule has 0 amide bonds. The van der Waals surface area contributed by atoms with Gasteiger partial charge in [0.15, 0.2) is 23.2 Å². The smallest absolute Gasteiger partial charge is 0.198 e. The Morgan fingerprint density at radius 1 is 1.00 bits per heavy atom. The van der Waals surface area contributed by atoms with Crippen molar-refractivity contribution >= 4 is 32.6 Å². The van der Waals surface area contributed by atoms with Gasteiger partial charge in [-0.1, -0.05) is 22.0 Å². The van der Waals surface area contributed by atoms with Crippen molar-refractivity contribution < 1.29 is 18.0 Å². The molecule has 0 saturated heterocycles. The number of carbonyl (C=O) groups excluding carboxylic acids is 1. The van der Waals surface area contributed by atoms with E-state index in [2.05, 4.69) is 20.9 Å². The largest absolute Gasteiger partial charge is 0.360 e. The van der Waals surface area contributed by atoms with E-state index in [9.17, 15) is 18.0 Å². The van der Waals surface area contributed by atoms with E-state index in [4.69, 9.17) is 0 Å². The van der Waals surface area contributed by atoms with Crippen LogP contribution in [0.5, 0.6) is 0 Å². The summed E-state index contributed by atoms with van der Waals surface area (Å²) in [6.07, 6.45) is 1.42. The Balaban J connectivity index is 2.15. The molecule has 1 heterocycles. The maximum absolute atomic E-state index is 13.7. The molecule has 1 aromatic heterocycles. The van der Waals surface area contributed by atoms with Crippen LogP contribution in [0.2, 0.25) is 0 Å². The number of hydrogen-bond donors (Lipinski definition) is 1. The molecule has 2 nitrogen and oxygen atoms in total. The van der Waals surface area contributed by atoms with Gasteiger partial charge in [0.05, 0.1) is 5.56 Å². The van der Waals surface area contributed by atoms with Gasteiger partial charge in [0, 0.05) is 27.1 Å². The first-order chi connectivity index (χ1) is 9.99. The molecule has 0 atom stereocenters. The number of hydrogen-bond acceptors (Lipinski definition) is 1. The van der Waals surface area contributed by atoms with E-state index in [1.54, 1.807) is 18.2 Å². The van der Waals surface area contributed by atoms with Gasteiger partial charge < -0.3 is 4.98 Å². The second-order valence-electron chi connectivity index (χ2n) is 4.44. The van der Waals surface area contributed by atoms with Gasteiger partial charge in [0.1, 0.15) is 0 Å². The number of aromatic amines is 1. The summed E-state index contributed by atoms with van der Waals surface area (Å²) in [4.78, 5) is 15.2. The molecular weight excluding hydrogens is 347 g/mol. The van der Waals surface area contributed by atoms with Crippen LogP contribution < -0.4 is 0 Å². The summed E-state index contributed by atoms with van der Waals surface area (Å²) in [5.74, 6) is -5.17. The number of nitrogens with one attached hydrogen (secondary N) is 1. The molecule has 6 heteroatoms. The summed E-state index contributed by atoms with van der Waals surface area (Å²) >= 11 is 3.30. The Kier molecular flexibility index (Phi) is 3.33. The lowest BCUT2D eigenvalue weighted by Crippen LogP contribution is -2.06. The van der Waals surface area contributed by atoms with E-state index in [1.807, 2.05) is 0 Å². The third kappa shape index (κ3) is 2.25. The van der Waals surface area contributed by atoms with Crippen LogP contribution in [-0.2, 0) is 0 Å². The van der Waals surface area contributed by atoms with Crippen molar-refractivity contribution in [1.29, 1.82) is 0 Å². The molecule has 2 aromatic carbocycles. The molecule has 0 unspecified atom stereocenters. The number of fused-ring (bicyclic) bond motifs is 1. The summed E-state index contributed by atoms with van der Waals surface area (Å²) in [5.41, 5.74) is 0.371. The normalized spacial score (nSPS) is 11.0. The third-order valence-corrected chi connectivity index (χ3v) is 3.66. The minimum atomic E-state index is -1.65. The van der Waals surface area contributed by atoms with Gasteiger partial charge >= 0.3 is 0 Å². The summed E-state index contributed by atoms with van der Waals surface area (Å²) in [6, 6.07) is 6.84. The average Bonchev–Trinajstić information content (AvgIpc) is 2.87. The van der Waals surface area contributed by atoms with E-state index in [1.165, 1.54) is 6.20 Å². The molecule has 3 rings (SSSR count). The zero-order valence-electron chi connectivity index (χ0n) is 10.4. The molecule has 0 radical (unpaired) electrons. The first-order valence-corrected chi connectivity index (χ1v) is 6.73. The van der Waals surface area contributed by atoms with Crippen molar-refractivity contribution in [1.82, 2.24) is 4.98 Å². The van der Waals surface area contributed by atoms with E-state index >= 15 is 0 Å². The standard InChI is InChI=1S/C15H7BrF3NO/c16-7-1-2-8-10(6-20-12(8)5-7)15(21)9-3-4-11(17)14(19)13(9)18/h1-6,20H. The Morgan fingerprint density at radius 3 is 2.52 bits per heavy atom. The lowest BCUT2D eigenvalue weighted by Gasteiger charge is -2.03. The highest BCUT2D eigenvalue weighted by Crippen LogP contribution is 2.26. The Morgan fingerprint density at radius 2 is 1.76 bits per heavy atom. The first-order valence-electron chi connectivity index (χ1n) is 5.94. The van der Waals surface area contributed by atoms with E-state index < -0.39 is 28.8 Å². The fourth-order valence-electron chi connectivity index (χ4n) is 2.13. The van der Waals surface area contributed by atoms with Crippen LogP contribution in [0.15, 0.2) is 41.0 Å². The average molecular weight is 354 g/mol. The number of benzene rings is 2. The van der Waals surface area contributed by atoms with Gasteiger partial charge in [-0.3, -0.25) is 4.79 Å². The van der Waals surface area contributed by atoms with E-state index in [-0.39, 0.29) is 5.56 Å². The zero-order valence-corrected chi connectivity index (χ0v) is 12.0. The topological polar surface area (TPSA) is 32.9 Å². The van der Waals surface area contributed by atoms with Crippen LogP contribution in [0.3, 0.4) is 0 Å². The molecule has 1 N–H and O–H groups in total. The summed E-state index contributed by atoms with van der Waals surface area (Å²) < 4.78 is 40.7. The maximum atomic E-state index is 13.7. The van der Waals surface area contributed by atoms with Crippen molar-refractivity contribution in [2.45, 2.75) is 0 Å². The maximum Gasteiger partial charge on any atom is 0.198 e. The number of ketones is 1. The van der Waals surface area contributed by atoms with Crippen LogP contribution in [0.4, 0.5) is 13.2 Å². The fraction of sp³-hybridized carbons (Fsp3) is 0. The van der Waals surface area contributed by atoms with Crippen LogP contribution in [0.25, 0.3) is 10.9 Å². The van der Waals surface area contributed by atoms with E-state index in [0.29, 0.717) is 10.9 Å². The SMILES string of the molecule is O=C(c1ccc(F)c(F)c1F)c1c[nH]c2cc(Br)ccc12. The lowest BCUT2D eigenvalue weighted by molar-refractivity contribution is 0.103. The van der Waals surface area contributed by atoms with Crippen molar-refractivity contribution in [2.24, 2.45) is 0 Å². The van der Waals surface area contributed by atoms with Crippen LogP contribution >= 0.6 is 15.9 Å². The highest BCUT2D eigenvalue weighted by Gasteiger charge is 2.22. The fourth-order valence-corrected chi connectivity index (χ4v) is 2.49. The third-order valence-electron chi connectivity index (χ3n) is 3.17. The quantitative estimate of drug-likeness (QED) is 0.530. The summed E-state index contributed by atoms with van der Waals surface area (Å²) in [5, 5.41) is 0.576. The molecule has 0 saturated carbocycles. The molecule has 106 valence electrons. The number of rotatable bonds is 2. The van der Waals surface area contributed by atoms with Crippen molar-refractivity contribution in [3.63, 3.8) is 0 Å². The number of carbonyl (C=O) groups is 1. The number of H-pyrrole nitrogens is 1. The molecule has 0 fully saturated rings. The molecular formula is C15H7BrF3NO. The van der Waals surface area contributed by atoms with Crippen LogP contribution in [0.1, 0.15) is 15.9 Å². The highest BCUT2D eigenvalue weighted by atomic mass is 79.9. The predicted molar refractivity (Wildman–Crippen MR) is 75.7 cm³/mol. The van der Waals surface area contributed by atoms with Gasteiger partial charge in [-0.2, -0.15) is 0 Å². The van der Waals surface area contributed by atoms with Crippen molar-refractivity contribution in [2.75, 3.05) is 0 Å². The molecule has 0 aliphatic heterocycles. The zero-order chi connectivity index (χ0) is 15.1. The Hall–Kier alpha value is -2.08. The second kappa shape index (κ2) is 5.04. The predicted octanol–water partition coefficient (Wildman–Crippen LogP) is 4.58. The van der Waals surface area contributed by atoms with Gasteiger partial charge in [0.25, 0.3) is 0 Å². The van der Waals surface area contributed by atoms with E-state index in [0.717, 1.165) is 16.6 Å². The number of halogens is 4. The van der Waals surface area contributed by atoms with Crippen molar-refractivity contribution in [3.8, 4) is 0 Å². The lowest BCUT2D eigenvalue weighted by atomic mass is 10.0. The second-order valence-corrected chi connectivity index (χ2v) is 5.36. The Labute approximate surface area is 125 Å².